The fourth-order valence-corrected chi connectivity index (χ4v) is 3.33. The smallest absolute Gasteiger partial charge is 0.449 e. The lowest BCUT2D eigenvalue weighted by atomic mass is 10.2. The average molecular weight is 466 g/mol. The average Bonchev–Trinajstić information content (AvgIpc) is 3.37. The molecular formula is C20H15ClF3N5O3. The van der Waals surface area contributed by atoms with Gasteiger partial charge in [-0.2, -0.15) is 18.2 Å². The van der Waals surface area contributed by atoms with Crippen LogP contribution in [0.1, 0.15) is 27.9 Å². The molecule has 12 heteroatoms. The highest BCUT2D eigenvalue weighted by Gasteiger charge is 2.38. The Labute approximate surface area is 184 Å². The highest BCUT2D eigenvalue weighted by atomic mass is 35.5. The van der Waals surface area contributed by atoms with E-state index in [2.05, 4.69) is 20.4 Å². The van der Waals surface area contributed by atoms with Gasteiger partial charge in [-0.3, -0.25) is 4.79 Å². The van der Waals surface area contributed by atoms with Crippen LogP contribution in [0.25, 0.3) is 11.0 Å². The quantitative estimate of drug-likeness (QED) is 0.461. The Morgan fingerprint density at radius 3 is 2.75 bits per heavy atom. The molecule has 0 unspecified atom stereocenters. The Hall–Kier alpha value is -3.60. The summed E-state index contributed by atoms with van der Waals surface area (Å²) >= 11 is 5.97. The van der Waals surface area contributed by atoms with Crippen LogP contribution in [0.4, 0.5) is 13.2 Å². The first-order valence-corrected chi connectivity index (χ1v) is 9.59. The molecule has 2 aromatic heterocycles. The molecule has 0 fully saturated rings. The number of carbonyl (C=O) groups is 1. The van der Waals surface area contributed by atoms with Gasteiger partial charge in [-0.25, -0.2) is 4.98 Å². The van der Waals surface area contributed by atoms with Crippen molar-refractivity contribution in [3.05, 3.63) is 70.6 Å². The van der Waals surface area contributed by atoms with Gasteiger partial charge in [-0.1, -0.05) is 28.9 Å². The van der Waals surface area contributed by atoms with Gasteiger partial charge < -0.3 is 19.1 Å². The number of amides is 1. The van der Waals surface area contributed by atoms with E-state index in [1.807, 2.05) is 0 Å². The van der Waals surface area contributed by atoms with Crippen molar-refractivity contribution in [3.8, 4) is 5.75 Å². The van der Waals surface area contributed by atoms with Crippen molar-refractivity contribution in [3.63, 3.8) is 0 Å². The number of aromatic nitrogens is 4. The van der Waals surface area contributed by atoms with Gasteiger partial charge in [0.25, 0.3) is 0 Å². The number of alkyl halides is 3. The van der Waals surface area contributed by atoms with Crippen molar-refractivity contribution < 1.29 is 27.2 Å². The van der Waals surface area contributed by atoms with Gasteiger partial charge >= 0.3 is 18.0 Å². The lowest BCUT2D eigenvalue weighted by Gasteiger charge is -2.09. The van der Waals surface area contributed by atoms with Crippen molar-refractivity contribution in [1.29, 1.82) is 0 Å². The maximum absolute atomic E-state index is 13.4. The van der Waals surface area contributed by atoms with Crippen LogP contribution in [0.5, 0.6) is 5.75 Å². The van der Waals surface area contributed by atoms with Crippen molar-refractivity contribution >= 4 is 28.5 Å². The van der Waals surface area contributed by atoms with Crippen molar-refractivity contribution in [2.75, 3.05) is 7.11 Å². The van der Waals surface area contributed by atoms with Crippen LogP contribution in [-0.2, 0) is 19.3 Å². The van der Waals surface area contributed by atoms with Gasteiger partial charge in [0.05, 0.1) is 24.7 Å². The maximum Gasteiger partial charge on any atom is 0.449 e. The monoisotopic (exact) mass is 465 g/mol. The van der Waals surface area contributed by atoms with Crippen LogP contribution < -0.4 is 10.1 Å². The van der Waals surface area contributed by atoms with Gasteiger partial charge in [-0.05, 0) is 30.3 Å². The third kappa shape index (κ3) is 4.37. The number of rotatable bonds is 6. The molecule has 0 aliphatic carbocycles. The highest BCUT2D eigenvalue weighted by molar-refractivity contribution is 6.30. The molecule has 32 heavy (non-hydrogen) atoms. The van der Waals surface area contributed by atoms with Crippen LogP contribution in [0.2, 0.25) is 5.02 Å². The lowest BCUT2D eigenvalue weighted by molar-refractivity contribution is -0.146. The predicted octanol–water partition coefficient (Wildman–Crippen LogP) is 4.08. The second-order valence-electron chi connectivity index (χ2n) is 6.66. The number of nitrogens with zero attached hydrogens (tertiary/aromatic N) is 4. The minimum Gasteiger partial charge on any atom is -0.496 e. The number of hydrogen-bond acceptors (Lipinski definition) is 6. The first-order valence-electron chi connectivity index (χ1n) is 9.22. The molecule has 2 heterocycles. The molecule has 2 aromatic carbocycles. The Morgan fingerprint density at radius 1 is 1.22 bits per heavy atom. The third-order valence-corrected chi connectivity index (χ3v) is 4.79. The van der Waals surface area contributed by atoms with Crippen molar-refractivity contribution in [2.45, 2.75) is 19.3 Å². The van der Waals surface area contributed by atoms with Crippen LogP contribution >= 0.6 is 11.6 Å². The van der Waals surface area contributed by atoms with E-state index in [0.717, 1.165) is 4.57 Å². The minimum absolute atomic E-state index is 0.0602. The van der Waals surface area contributed by atoms with Crippen LogP contribution in [0.15, 0.2) is 47.0 Å². The van der Waals surface area contributed by atoms with Crippen LogP contribution in [-0.4, -0.2) is 32.7 Å². The van der Waals surface area contributed by atoms with Gasteiger partial charge in [0.15, 0.2) is 5.82 Å². The molecule has 1 N–H and O–H groups in total. The number of para-hydroxylation sites is 2. The molecule has 0 radical (unpaired) electrons. The summed E-state index contributed by atoms with van der Waals surface area (Å²) in [4.78, 5) is 20.0. The second-order valence-corrected chi connectivity index (χ2v) is 7.10. The van der Waals surface area contributed by atoms with E-state index in [0.29, 0.717) is 16.3 Å². The Bertz CT molecular complexity index is 1290. The molecule has 0 saturated carbocycles. The second kappa shape index (κ2) is 8.50. The molecule has 4 aromatic rings. The Kier molecular flexibility index (Phi) is 5.74. The van der Waals surface area contributed by atoms with Gasteiger partial charge in [-0.15, -0.1) is 0 Å². The Balaban J connectivity index is 1.53. The molecule has 0 aliphatic heterocycles. The van der Waals surface area contributed by atoms with Gasteiger partial charge in [0.1, 0.15) is 5.75 Å². The summed E-state index contributed by atoms with van der Waals surface area (Å²) in [6, 6.07) is 11.1. The fourth-order valence-electron chi connectivity index (χ4n) is 3.14. The number of imidazole rings is 1. The van der Waals surface area contributed by atoms with E-state index in [9.17, 15) is 18.0 Å². The molecule has 0 aliphatic rings. The molecule has 0 atom stereocenters. The standard InChI is InChI=1S/C20H15ClF3N5O3/c1-31-15-7-6-12(21)8-11(15)9-25-17(30)18-27-16(28-32-18)10-29-14-5-3-2-4-13(14)26-19(29)20(22,23)24/h2-8H,9-10H2,1H3,(H,25,30). The molecule has 0 saturated heterocycles. The van der Waals surface area contributed by atoms with Crippen molar-refractivity contribution in [2.24, 2.45) is 0 Å². The van der Waals surface area contributed by atoms with Gasteiger partial charge in [0, 0.05) is 17.1 Å². The number of halogens is 4. The molecule has 0 spiro atoms. The summed E-state index contributed by atoms with van der Waals surface area (Å²) in [5.41, 5.74) is 1.05. The van der Waals surface area contributed by atoms with Crippen molar-refractivity contribution in [1.82, 2.24) is 25.0 Å². The third-order valence-electron chi connectivity index (χ3n) is 4.55. The molecule has 8 nitrogen and oxygen atoms in total. The van der Waals surface area contributed by atoms with E-state index < -0.39 is 17.9 Å². The first kappa shape index (κ1) is 21.6. The largest absolute Gasteiger partial charge is 0.496 e. The number of methoxy groups -OCH3 is 1. The summed E-state index contributed by atoms with van der Waals surface area (Å²) in [6.45, 7) is -0.321. The van der Waals surface area contributed by atoms with E-state index in [1.54, 1.807) is 30.3 Å². The summed E-state index contributed by atoms with van der Waals surface area (Å²) in [5, 5.41) is 6.68. The normalized spacial score (nSPS) is 11.7. The van der Waals surface area contributed by atoms with E-state index >= 15 is 0 Å². The van der Waals surface area contributed by atoms with Crippen LogP contribution in [0.3, 0.4) is 0 Å². The maximum atomic E-state index is 13.4. The summed E-state index contributed by atoms with van der Waals surface area (Å²) in [6.07, 6.45) is -4.68. The zero-order valence-electron chi connectivity index (χ0n) is 16.5. The van der Waals surface area contributed by atoms with E-state index in [-0.39, 0.29) is 35.8 Å². The minimum atomic E-state index is -4.68. The van der Waals surface area contributed by atoms with E-state index in [4.69, 9.17) is 20.9 Å². The zero-order valence-corrected chi connectivity index (χ0v) is 17.2. The topological polar surface area (TPSA) is 95.1 Å². The molecule has 0 bridgehead atoms. The fraction of sp³-hybridized carbons (Fsp3) is 0.200. The number of carbonyl (C=O) groups excluding carboxylic acids is 1. The number of hydrogen-bond donors (Lipinski definition) is 1. The predicted molar refractivity (Wildman–Crippen MR) is 107 cm³/mol. The van der Waals surface area contributed by atoms with E-state index in [1.165, 1.54) is 19.2 Å². The first-order chi connectivity index (χ1) is 15.3. The summed E-state index contributed by atoms with van der Waals surface area (Å²) in [5.74, 6) is -1.77. The Morgan fingerprint density at radius 2 is 2.00 bits per heavy atom. The van der Waals surface area contributed by atoms with Gasteiger partial charge in [0.2, 0.25) is 5.82 Å². The summed E-state index contributed by atoms with van der Waals surface area (Å²) in [7, 11) is 1.48. The van der Waals surface area contributed by atoms with Crippen LogP contribution in [0, 0.1) is 0 Å². The lowest BCUT2D eigenvalue weighted by Crippen LogP contribution is -2.23. The zero-order chi connectivity index (χ0) is 22.9. The molecule has 1 amide bonds. The number of ether oxygens (including phenoxy) is 1. The number of benzene rings is 2. The number of fused-ring (bicyclic) bond motifs is 1. The number of nitrogens with one attached hydrogen (secondary N) is 1. The summed E-state index contributed by atoms with van der Waals surface area (Å²) < 4.78 is 51.4. The molecule has 4 rings (SSSR count). The highest BCUT2D eigenvalue weighted by Crippen LogP contribution is 2.31. The molecular weight excluding hydrogens is 451 g/mol. The SMILES string of the molecule is COc1ccc(Cl)cc1CNC(=O)c1nc(Cn2c(C(F)(F)F)nc3ccccc32)no1. The molecule has 166 valence electrons.